The first-order valence-electron chi connectivity index (χ1n) is 7.16. The van der Waals surface area contributed by atoms with Gasteiger partial charge in [-0.25, -0.2) is 0 Å². The van der Waals surface area contributed by atoms with Crippen LogP contribution in [0.15, 0.2) is 48.5 Å². The van der Waals surface area contributed by atoms with Crippen LogP contribution >= 0.6 is 0 Å². The van der Waals surface area contributed by atoms with Gasteiger partial charge in [0.15, 0.2) is 0 Å². The number of aliphatic hydroxyl groups excluding tert-OH is 1. The average molecular weight is 286 g/mol. The number of benzene rings is 2. The molecular weight excluding hydrogens is 264 g/mol. The van der Waals surface area contributed by atoms with E-state index in [0.717, 1.165) is 22.6 Å². The first-order chi connectivity index (χ1) is 10.1. The van der Waals surface area contributed by atoms with Gasteiger partial charge in [-0.15, -0.1) is 0 Å². The highest BCUT2D eigenvalue weighted by Gasteiger charge is 2.09. The van der Waals surface area contributed by atoms with Crippen LogP contribution in [0.3, 0.4) is 0 Å². The number of methoxy groups -OCH3 is 1. The van der Waals surface area contributed by atoms with Crippen LogP contribution in [0, 0.1) is 0 Å². The second-order valence-electron chi connectivity index (χ2n) is 5.30. The standard InChI is InChI=1S/C18H22O3/c1-13(2)21-17-10-6-15(7-11-17)18(19)12-14-4-8-16(20-3)9-5-14/h4-11,13,18-19H,12H2,1-3H3. The molecule has 2 rings (SSSR count). The van der Waals surface area contributed by atoms with E-state index >= 15 is 0 Å². The van der Waals surface area contributed by atoms with Gasteiger partial charge in [0, 0.05) is 6.42 Å². The van der Waals surface area contributed by atoms with E-state index in [0.29, 0.717) is 6.42 Å². The van der Waals surface area contributed by atoms with Gasteiger partial charge in [0.1, 0.15) is 11.5 Å². The van der Waals surface area contributed by atoms with Crippen molar-refractivity contribution in [2.24, 2.45) is 0 Å². The van der Waals surface area contributed by atoms with Gasteiger partial charge in [0.25, 0.3) is 0 Å². The first kappa shape index (κ1) is 15.4. The molecule has 0 spiro atoms. The maximum Gasteiger partial charge on any atom is 0.119 e. The molecule has 0 saturated carbocycles. The third-order valence-electron chi connectivity index (χ3n) is 3.22. The Morgan fingerprint density at radius 3 is 2.00 bits per heavy atom. The van der Waals surface area contributed by atoms with Gasteiger partial charge < -0.3 is 14.6 Å². The van der Waals surface area contributed by atoms with Crippen LogP contribution in [0.25, 0.3) is 0 Å². The fourth-order valence-corrected chi connectivity index (χ4v) is 2.14. The van der Waals surface area contributed by atoms with Crippen LogP contribution in [0.1, 0.15) is 31.1 Å². The van der Waals surface area contributed by atoms with Crippen molar-refractivity contribution in [3.63, 3.8) is 0 Å². The average Bonchev–Trinajstić information content (AvgIpc) is 2.48. The zero-order valence-electron chi connectivity index (χ0n) is 12.7. The lowest BCUT2D eigenvalue weighted by atomic mass is 10.0. The Bertz CT molecular complexity index is 544. The van der Waals surface area contributed by atoms with Crippen LogP contribution < -0.4 is 9.47 Å². The largest absolute Gasteiger partial charge is 0.497 e. The summed E-state index contributed by atoms with van der Waals surface area (Å²) in [7, 11) is 1.64. The molecule has 0 amide bonds. The molecule has 2 aromatic carbocycles. The molecular formula is C18H22O3. The maximum atomic E-state index is 10.3. The van der Waals surface area contributed by atoms with Crippen molar-refractivity contribution in [2.45, 2.75) is 32.5 Å². The zero-order valence-corrected chi connectivity index (χ0v) is 12.7. The van der Waals surface area contributed by atoms with E-state index in [1.807, 2.05) is 62.4 Å². The van der Waals surface area contributed by atoms with Crippen molar-refractivity contribution in [3.8, 4) is 11.5 Å². The van der Waals surface area contributed by atoms with E-state index < -0.39 is 6.10 Å². The summed E-state index contributed by atoms with van der Waals surface area (Å²) in [5, 5.41) is 10.3. The predicted octanol–water partition coefficient (Wildman–Crippen LogP) is 3.76. The van der Waals surface area contributed by atoms with Crippen LogP contribution in [0.5, 0.6) is 11.5 Å². The molecule has 3 nitrogen and oxygen atoms in total. The third-order valence-corrected chi connectivity index (χ3v) is 3.22. The molecule has 2 aromatic rings. The van der Waals surface area contributed by atoms with E-state index in [4.69, 9.17) is 9.47 Å². The predicted molar refractivity (Wildman–Crippen MR) is 83.9 cm³/mol. The molecule has 1 unspecified atom stereocenters. The molecule has 21 heavy (non-hydrogen) atoms. The Kier molecular flexibility index (Phi) is 5.23. The van der Waals surface area contributed by atoms with Crippen molar-refractivity contribution in [3.05, 3.63) is 59.7 Å². The minimum absolute atomic E-state index is 0.153. The molecule has 0 aliphatic heterocycles. The molecule has 3 heteroatoms. The number of rotatable bonds is 6. The van der Waals surface area contributed by atoms with Gasteiger partial charge >= 0.3 is 0 Å². The molecule has 0 bridgehead atoms. The topological polar surface area (TPSA) is 38.7 Å². The molecule has 112 valence electrons. The van der Waals surface area contributed by atoms with Crippen LogP contribution in [0.4, 0.5) is 0 Å². The summed E-state index contributed by atoms with van der Waals surface area (Å²) < 4.78 is 10.7. The normalized spacial score (nSPS) is 12.2. The lowest BCUT2D eigenvalue weighted by Gasteiger charge is -2.14. The van der Waals surface area contributed by atoms with Crippen molar-refractivity contribution in [1.82, 2.24) is 0 Å². The highest BCUT2D eigenvalue weighted by atomic mass is 16.5. The van der Waals surface area contributed by atoms with Gasteiger partial charge in [0.2, 0.25) is 0 Å². The van der Waals surface area contributed by atoms with Crippen molar-refractivity contribution in [2.75, 3.05) is 7.11 Å². The molecule has 1 atom stereocenters. The molecule has 0 aromatic heterocycles. The number of aliphatic hydroxyl groups is 1. The summed E-state index contributed by atoms with van der Waals surface area (Å²) in [6.07, 6.45) is 0.209. The fourth-order valence-electron chi connectivity index (χ4n) is 2.14. The number of hydrogen-bond acceptors (Lipinski definition) is 3. The number of hydrogen-bond donors (Lipinski definition) is 1. The van der Waals surface area contributed by atoms with Gasteiger partial charge in [-0.1, -0.05) is 24.3 Å². The summed E-state index contributed by atoms with van der Waals surface area (Å²) in [4.78, 5) is 0. The van der Waals surface area contributed by atoms with E-state index in [-0.39, 0.29) is 6.10 Å². The van der Waals surface area contributed by atoms with E-state index in [1.54, 1.807) is 7.11 Å². The molecule has 0 aliphatic carbocycles. The van der Waals surface area contributed by atoms with E-state index in [9.17, 15) is 5.11 Å². The summed E-state index contributed by atoms with van der Waals surface area (Å²) in [5.74, 6) is 1.65. The van der Waals surface area contributed by atoms with E-state index in [2.05, 4.69) is 0 Å². The van der Waals surface area contributed by atoms with Crippen molar-refractivity contribution in [1.29, 1.82) is 0 Å². The van der Waals surface area contributed by atoms with Crippen LogP contribution in [-0.4, -0.2) is 18.3 Å². The minimum atomic E-state index is -0.522. The Morgan fingerprint density at radius 1 is 0.905 bits per heavy atom. The Hall–Kier alpha value is -2.00. The Labute approximate surface area is 126 Å². The fraction of sp³-hybridized carbons (Fsp3) is 0.333. The quantitative estimate of drug-likeness (QED) is 0.878. The highest BCUT2D eigenvalue weighted by molar-refractivity contribution is 5.31. The zero-order chi connectivity index (χ0) is 15.2. The second-order valence-corrected chi connectivity index (χ2v) is 5.30. The first-order valence-corrected chi connectivity index (χ1v) is 7.16. The number of ether oxygens (including phenoxy) is 2. The summed E-state index contributed by atoms with van der Waals surface area (Å²) in [6.45, 7) is 3.98. The van der Waals surface area contributed by atoms with Gasteiger partial charge in [-0.3, -0.25) is 0 Å². The van der Waals surface area contributed by atoms with E-state index in [1.165, 1.54) is 0 Å². The molecule has 0 heterocycles. The third kappa shape index (κ3) is 4.50. The lowest BCUT2D eigenvalue weighted by molar-refractivity contribution is 0.178. The Morgan fingerprint density at radius 2 is 1.48 bits per heavy atom. The molecule has 0 radical (unpaired) electrons. The van der Waals surface area contributed by atoms with Gasteiger partial charge in [0.05, 0.1) is 19.3 Å². The summed E-state index contributed by atoms with van der Waals surface area (Å²) in [6, 6.07) is 15.4. The summed E-state index contributed by atoms with van der Waals surface area (Å²) >= 11 is 0. The molecule has 0 fully saturated rings. The molecule has 0 saturated heterocycles. The second kappa shape index (κ2) is 7.14. The lowest BCUT2D eigenvalue weighted by Crippen LogP contribution is -2.06. The monoisotopic (exact) mass is 286 g/mol. The van der Waals surface area contributed by atoms with Crippen LogP contribution in [-0.2, 0) is 6.42 Å². The molecule has 1 N–H and O–H groups in total. The van der Waals surface area contributed by atoms with Crippen molar-refractivity contribution >= 4 is 0 Å². The Balaban J connectivity index is 2.00. The smallest absolute Gasteiger partial charge is 0.119 e. The van der Waals surface area contributed by atoms with Crippen molar-refractivity contribution < 1.29 is 14.6 Å². The van der Waals surface area contributed by atoms with Crippen LogP contribution in [0.2, 0.25) is 0 Å². The van der Waals surface area contributed by atoms with Gasteiger partial charge in [-0.05, 0) is 49.2 Å². The molecule has 0 aliphatic rings. The highest BCUT2D eigenvalue weighted by Crippen LogP contribution is 2.22. The minimum Gasteiger partial charge on any atom is -0.497 e. The SMILES string of the molecule is COc1ccc(CC(O)c2ccc(OC(C)C)cc2)cc1. The summed E-state index contributed by atoms with van der Waals surface area (Å²) in [5.41, 5.74) is 1.97. The van der Waals surface area contributed by atoms with Gasteiger partial charge in [-0.2, -0.15) is 0 Å². The maximum absolute atomic E-state index is 10.3.